The Kier molecular flexibility index (Phi) is 6.33. The molecule has 0 aromatic heterocycles. The van der Waals surface area contributed by atoms with E-state index in [0.29, 0.717) is 0 Å². The van der Waals surface area contributed by atoms with Crippen molar-refractivity contribution in [3.8, 4) is 0 Å². The highest BCUT2D eigenvalue weighted by atomic mass is 19.4. The number of anilines is 1. The summed E-state index contributed by atoms with van der Waals surface area (Å²) in [6, 6.07) is 5.89. The van der Waals surface area contributed by atoms with Crippen molar-refractivity contribution in [2.24, 2.45) is 0 Å². The van der Waals surface area contributed by atoms with Gasteiger partial charge >= 0.3 is 6.18 Å². The average molecular weight is 288 g/mol. The van der Waals surface area contributed by atoms with Gasteiger partial charge in [-0.15, -0.1) is 0 Å². The van der Waals surface area contributed by atoms with Gasteiger partial charge in [0.05, 0.1) is 6.42 Å². The number of halogens is 3. The number of rotatable bonds is 7. The number of aryl methyl sites for hydroxylation is 1. The molecule has 1 N–H and O–H groups in total. The molecule has 0 saturated heterocycles. The second-order valence-corrected chi connectivity index (χ2v) is 5.08. The van der Waals surface area contributed by atoms with Gasteiger partial charge in [-0.2, -0.15) is 13.2 Å². The lowest BCUT2D eigenvalue weighted by atomic mass is 10.1. The minimum absolute atomic E-state index is 0.0161. The molecule has 2 nitrogen and oxygen atoms in total. The van der Waals surface area contributed by atoms with Gasteiger partial charge in [0.2, 0.25) is 0 Å². The highest BCUT2D eigenvalue weighted by molar-refractivity contribution is 5.53. The van der Waals surface area contributed by atoms with Crippen molar-refractivity contribution in [2.75, 3.05) is 25.0 Å². The Hall–Kier alpha value is -1.23. The molecule has 0 spiro atoms. The molecule has 0 bridgehead atoms. The first kappa shape index (κ1) is 16.8. The van der Waals surface area contributed by atoms with Gasteiger partial charge in [0, 0.05) is 25.8 Å². The molecule has 1 rings (SSSR count). The van der Waals surface area contributed by atoms with E-state index in [2.05, 4.69) is 12.2 Å². The number of hydrogen-bond donors (Lipinski definition) is 1. The first-order valence-corrected chi connectivity index (χ1v) is 6.91. The lowest BCUT2D eigenvalue weighted by Crippen LogP contribution is -2.24. The van der Waals surface area contributed by atoms with E-state index in [0.717, 1.165) is 36.3 Å². The van der Waals surface area contributed by atoms with Gasteiger partial charge in [0.1, 0.15) is 0 Å². The van der Waals surface area contributed by atoms with Crippen LogP contribution in [0, 0.1) is 6.92 Å². The van der Waals surface area contributed by atoms with E-state index in [-0.39, 0.29) is 6.54 Å². The van der Waals surface area contributed by atoms with Crippen molar-refractivity contribution in [3.63, 3.8) is 0 Å². The zero-order valence-corrected chi connectivity index (χ0v) is 12.3. The van der Waals surface area contributed by atoms with Crippen LogP contribution in [-0.4, -0.2) is 26.3 Å². The van der Waals surface area contributed by atoms with E-state index in [1.807, 2.05) is 25.1 Å². The summed E-state index contributed by atoms with van der Waals surface area (Å²) in [6.07, 6.45) is -3.81. The number of nitrogens with zero attached hydrogens (tertiary/aromatic N) is 1. The third-order valence-corrected chi connectivity index (χ3v) is 3.16. The summed E-state index contributed by atoms with van der Waals surface area (Å²) < 4.78 is 36.7. The molecule has 0 atom stereocenters. The van der Waals surface area contributed by atoms with Crippen molar-refractivity contribution >= 4 is 5.69 Å². The largest absolute Gasteiger partial charge is 0.390 e. The molecular weight excluding hydrogens is 265 g/mol. The Morgan fingerprint density at radius 1 is 1.25 bits per heavy atom. The van der Waals surface area contributed by atoms with Crippen LogP contribution in [-0.2, 0) is 6.54 Å². The fourth-order valence-corrected chi connectivity index (χ4v) is 2.08. The summed E-state index contributed by atoms with van der Waals surface area (Å²) in [4.78, 5) is 1.66. The maximum Gasteiger partial charge on any atom is 0.390 e. The second-order valence-electron chi connectivity index (χ2n) is 5.08. The van der Waals surface area contributed by atoms with Crippen LogP contribution >= 0.6 is 0 Å². The number of benzene rings is 1. The van der Waals surface area contributed by atoms with E-state index >= 15 is 0 Å². The normalized spacial score (nSPS) is 11.7. The molecule has 0 amide bonds. The SMILES string of the molecule is CCCNCc1ccc(N(C)CCC(F)(F)F)c(C)c1. The van der Waals surface area contributed by atoms with E-state index in [1.54, 1.807) is 11.9 Å². The summed E-state index contributed by atoms with van der Waals surface area (Å²) in [5, 5.41) is 3.31. The fourth-order valence-electron chi connectivity index (χ4n) is 2.08. The standard InChI is InChI=1S/C15H23F3N2/c1-4-8-19-11-13-5-6-14(12(2)10-13)20(3)9-7-15(16,17)18/h5-6,10,19H,4,7-9,11H2,1-3H3. The molecule has 0 aliphatic heterocycles. The van der Waals surface area contributed by atoms with Crippen LogP contribution in [0.1, 0.15) is 30.9 Å². The van der Waals surface area contributed by atoms with Gasteiger partial charge in [-0.05, 0) is 37.1 Å². The topological polar surface area (TPSA) is 15.3 Å². The summed E-state index contributed by atoms with van der Waals surface area (Å²) in [6.45, 7) is 5.78. The summed E-state index contributed by atoms with van der Waals surface area (Å²) in [5.41, 5.74) is 3.02. The molecule has 5 heteroatoms. The monoisotopic (exact) mass is 288 g/mol. The van der Waals surface area contributed by atoms with Crippen molar-refractivity contribution < 1.29 is 13.2 Å². The smallest absolute Gasteiger partial charge is 0.374 e. The Labute approximate surface area is 119 Å². The molecule has 0 aliphatic rings. The summed E-state index contributed by atoms with van der Waals surface area (Å²) in [5.74, 6) is 0. The number of nitrogens with one attached hydrogen (secondary N) is 1. The van der Waals surface area contributed by atoms with Crippen LogP contribution in [0.2, 0.25) is 0 Å². The number of alkyl halides is 3. The van der Waals surface area contributed by atoms with Crippen LogP contribution in [0.15, 0.2) is 18.2 Å². The molecule has 0 unspecified atom stereocenters. The molecule has 0 saturated carbocycles. The zero-order valence-electron chi connectivity index (χ0n) is 12.3. The Bertz CT molecular complexity index is 416. The molecule has 0 heterocycles. The number of hydrogen-bond acceptors (Lipinski definition) is 2. The minimum atomic E-state index is -4.10. The predicted molar refractivity (Wildman–Crippen MR) is 77.1 cm³/mol. The van der Waals surface area contributed by atoms with Gasteiger partial charge in [0.15, 0.2) is 0 Å². The van der Waals surface area contributed by atoms with Gasteiger partial charge in [-0.25, -0.2) is 0 Å². The second kappa shape index (κ2) is 7.53. The van der Waals surface area contributed by atoms with Gasteiger partial charge in [-0.3, -0.25) is 0 Å². The molecule has 0 fully saturated rings. The van der Waals surface area contributed by atoms with Crippen LogP contribution in [0.3, 0.4) is 0 Å². The quantitative estimate of drug-likeness (QED) is 0.766. The van der Waals surface area contributed by atoms with Gasteiger partial charge < -0.3 is 10.2 Å². The summed E-state index contributed by atoms with van der Waals surface area (Å²) >= 11 is 0. The lowest BCUT2D eigenvalue weighted by molar-refractivity contribution is -0.132. The van der Waals surface area contributed by atoms with Crippen LogP contribution in [0.4, 0.5) is 18.9 Å². The Morgan fingerprint density at radius 3 is 2.50 bits per heavy atom. The fraction of sp³-hybridized carbons (Fsp3) is 0.600. The van der Waals surface area contributed by atoms with Crippen molar-refractivity contribution in [3.05, 3.63) is 29.3 Å². The van der Waals surface area contributed by atoms with Gasteiger partial charge in [0.25, 0.3) is 0 Å². The molecule has 0 radical (unpaired) electrons. The third kappa shape index (κ3) is 5.82. The lowest BCUT2D eigenvalue weighted by Gasteiger charge is -2.22. The Morgan fingerprint density at radius 2 is 1.95 bits per heavy atom. The molecule has 0 aliphatic carbocycles. The van der Waals surface area contributed by atoms with Crippen LogP contribution < -0.4 is 10.2 Å². The highest BCUT2D eigenvalue weighted by Crippen LogP contribution is 2.24. The van der Waals surface area contributed by atoms with E-state index in [4.69, 9.17) is 0 Å². The van der Waals surface area contributed by atoms with Gasteiger partial charge in [-0.1, -0.05) is 19.1 Å². The van der Waals surface area contributed by atoms with E-state index in [1.165, 1.54) is 0 Å². The molecule has 1 aromatic carbocycles. The van der Waals surface area contributed by atoms with E-state index < -0.39 is 12.6 Å². The van der Waals surface area contributed by atoms with E-state index in [9.17, 15) is 13.2 Å². The maximum absolute atomic E-state index is 12.2. The minimum Gasteiger partial charge on any atom is -0.374 e. The predicted octanol–water partition coefficient (Wildman–Crippen LogP) is 3.88. The molecule has 20 heavy (non-hydrogen) atoms. The maximum atomic E-state index is 12.2. The van der Waals surface area contributed by atoms with Crippen LogP contribution in [0.5, 0.6) is 0 Å². The van der Waals surface area contributed by atoms with Crippen molar-refractivity contribution in [2.45, 2.75) is 39.4 Å². The molecular formula is C15H23F3N2. The summed E-state index contributed by atoms with van der Waals surface area (Å²) in [7, 11) is 1.70. The highest BCUT2D eigenvalue weighted by Gasteiger charge is 2.27. The molecule has 1 aromatic rings. The average Bonchev–Trinajstić information content (AvgIpc) is 2.35. The first-order chi connectivity index (χ1) is 9.33. The third-order valence-electron chi connectivity index (χ3n) is 3.16. The first-order valence-electron chi connectivity index (χ1n) is 6.91. The van der Waals surface area contributed by atoms with Crippen molar-refractivity contribution in [1.29, 1.82) is 0 Å². The zero-order chi connectivity index (χ0) is 15.2. The van der Waals surface area contributed by atoms with Crippen LogP contribution in [0.25, 0.3) is 0 Å². The van der Waals surface area contributed by atoms with Crippen molar-refractivity contribution in [1.82, 2.24) is 5.32 Å². The Balaban J connectivity index is 2.62. The molecule has 114 valence electrons.